The molecule has 1 aromatic carbocycles. The van der Waals surface area contributed by atoms with Crippen molar-refractivity contribution in [3.05, 3.63) is 47.3 Å². The molecule has 0 unspecified atom stereocenters. The summed E-state index contributed by atoms with van der Waals surface area (Å²) in [5, 5.41) is 4.54. The minimum absolute atomic E-state index is 0.778. The quantitative estimate of drug-likeness (QED) is 0.849. The third-order valence-corrected chi connectivity index (χ3v) is 4.57. The first kappa shape index (κ1) is 14.3. The maximum Gasteiger partial charge on any atom is 0.0648 e. The van der Waals surface area contributed by atoms with Gasteiger partial charge in [0.2, 0.25) is 0 Å². The van der Waals surface area contributed by atoms with E-state index in [9.17, 15) is 0 Å². The predicted octanol–water partition coefficient (Wildman–Crippen LogP) is 3.86. The van der Waals surface area contributed by atoms with Crippen molar-refractivity contribution >= 4 is 0 Å². The van der Waals surface area contributed by atoms with E-state index in [0.29, 0.717) is 0 Å². The van der Waals surface area contributed by atoms with Crippen LogP contribution in [0.5, 0.6) is 0 Å². The summed E-state index contributed by atoms with van der Waals surface area (Å²) in [4.78, 5) is 2.51. The highest BCUT2D eigenvalue weighted by molar-refractivity contribution is 5.36. The van der Waals surface area contributed by atoms with Crippen molar-refractivity contribution in [2.24, 2.45) is 0 Å². The Morgan fingerprint density at radius 2 is 1.81 bits per heavy atom. The van der Waals surface area contributed by atoms with Crippen molar-refractivity contribution in [2.75, 3.05) is 7.05 Å². The fourth-order valence-corrected chi connectivity index (χ4v) is 3.39. The van der Waals surface area contributed by atoms with Crippen LogP contribution in [-0.4, -0.2) is 27.8 Å². The molecule has 0 amide bonds. The fourth-order valence-electron chi connectivity index (χ4n) is 3.39. The zero-order valence-corrected chi connectivity index (χ0v) is 13.3. The van der Waals surface area contributed by atoms with Crippen LogP contribution in [0.15, 0.2) is 30.3 Å². The molecule has 112 valence electrons. The normalized spacial score (nSPS) is 16.0. The minimum atomic E-state index is 0.778. The fraction of sp³-hybridized carbons (Fsp3) is 0.500. The maximum atomic E-state index is 4.54. The SMILES string of the molecule is Cc1cc(C)n(-c2ccc(CN(C)C3CCCC3)cc2)n1. The number of benzene rings is 1. The summed E-state index contributed by atoms with van der Waals surface area (Å²) in [6.07, 6.45) is 5.51. The molecule has 21 heavy (non-hydrogen) atoms. The lowest BCUT2D eigenvalue weighted by atomic mass is 10.1. The van der Waals surface area contributed by atoms with E-state index in [-0.39, 0.29) is 0 Å². The molecule has 3 rings (SSSR count). The summed E-state index contributed by atoms with van der Waals surface area (Å²) in [6, 6.07) is 11.7. The highest BCUT2D eigenvalue weighted by atomic mass is 15.3. The topological polar surface area (TPSA) is 21.1 Å². The van der Waals surface area contributed by atoms with Gasteiger partial charge in [-0.3, -0.25) is 4.90 Å². The van der Waals surface area contributed by atoms with Crippen molar-refractivity contribution in [1.29, 1.82) is 0 Å². The zero-order valence-electron chi connectivity index (χ0n) is 13.3. The molecule has 1 aromatic heterocycles. The lowest BCUT2D eigenvalue weighted by molar-refractivity contribution is 0.237. The summed E-state index contributed by atoms with van der Waals surface area (Å²) in [5.41, 5.74) is 4.78. The van der Waals surface area contributed by atoms with Crippen molar-refractivity contribution in [1.82, 2.24) is 14.7 Å². The van der Waals surface area contributed by atoms with Crippen molar-refractivity contribution in [3.8, 4) is 5.69 Å². The van der Waals surface area contributed by atoms with Crippen LogP contribution in [0.25, 0.3) is 5.69 Å². The van der Waals surface area contributed by atoms with E-state index in [1.165, 1.54) is 36.9 Å². The van der Waals surface area contributed by atoms with E-state index in [4.69, 9.17) is 0 Å². The van der Waals surface area contributed by atoms with Gasteiger partial charge in [0.1, 0.15) is 0 Å². The number of rotatable bonds is 4. The number of aromatic nitrogens is 2. The summed E-state index contributed by atoms with van der Waals surface area (Å²) >= 11 is 0. The number of hydrogen-bond donors (Lipinski definition) is 0. The van der Waals surface area contributed by atoms with Crippen LogP contribution >= 0.6 is 0 Å². The van der Waals surface area contributed by atoms with Crippen molar-refractivity contribution in [3.63, 3.8) is 0 Å². The Balaban J connectivity index is 1.70. The Morgan fingerprint density at radius 1 is 1.14 bits per heavy atom. The molecule has 0 radical (unpaired) electrons. The van der Waals surface area contributed by atoms with E-state index in [1.807, 2.05) is 11.6 Å². The van der Waals surface area contributed by atoms with E-state index >= 15 is 0 Å². The minimum Gasteiger partial charge on any atom is -0.299 e. The average molecular weight is 283 g/mol. The van der Waals surface area contributed by atoms with E-state index in [2.05, 4.69) is 54.3 Å². The first-order valence-electron chi connectivity index (χ1n) is 7.96. The Labute approximate surface area is 127 Å². The Morgan fingerprint density at radius 3 is 2.38 bits per heavy atom. The highest BCUT2D eigenvalue weighted by Gasteiger charge is 2.19. The average Bonchev–Trinajstić information content (AvgIpc) is 3.09. The van der Waals surface area contributed by atoms with Crippen LogP contribution in [0.3, 0.4) is 0 Å². The van der Waals surface area contributed by atoms with Gasteiger partial charge in [0.15, 0.2) is 0 Å². The molecule has 3 heteroatoms. The summed E-state index contributed by atoms with van der Waals surface area (Å²) in [6.45, 7) is 5.18. The Hall–Kier alpha value is -1.61. The van der Waals surface area contributed by atoms with Crippen LogP contribution in [0.2, 0.25) is 0 Å². The molecular weight excluding hydrogens is 258 g/mol. The first-order chi connectivity index (χ1) is 10.1. The smallest absolute Gasteiger partial charge is 0.0648 e. The molecule has 1 fully saturated rings. The molecule has 0 spiro atoms. The zero-order chi connectivity index (χ0) is 14.8. The van der Waals surface area contributed by atoms with E-state index in [1.54, 1.807) is 0 Å². The van der Waals surface area contributed by atoms with Gasteiger partial charge in [-0.2, -0.15) is 5.10 Å². The lowest BCUT2D eigenvalue weighted by Crippen LogP contribution is -2.28. The monoisotopic (exact) mass is 283 g/mol. The molecule has 1 aliphatic carbocycles. The summed E-state index contributed by atoms with van der Waals surface area (Å²) < 4.78 is 2.01. The summed E-state index contributed by atoms with van der Waals surface area (Å²) in [5.74, 6) is 0. The van der Waals surface area contributed by atoms with Gasteiger partial charge in [0.05, 0.1) is 11.4 Å². The molecule has 0 aliphatic heterocycles. The second-order valence-electron chi connectivity index (χ2n) is 6.36. The molecule has 0 N–H and O–H groups in total. The standard InChI is InChI=1S/C18H25N3/c1-14-12-15(2)21(19-14)18-10-8-16(9-11-18)13-20(3)17-6-4-5-7-17/h8-12,17H,4-7,13H2,1-3H3. The largest absolute Gasteiger partial charge is 0.299 e. The van der Waals surface area contributed by atoms with Gasteiger partial charge in [-0.1, -0.05) is 25.0 Å². The van der Waals surface area contributed by atoms with Gasteiger partial charge in [-0.15, -0.1) is 0 Å². The van der Waals surface area contributed by atoms with Crippen LogP contribution in [0, 0.1) is 13.8 Å². The molecule has 1 saturated carbocycles. The van der Waals surface area contributed by atoms with Gasteiger partial charge >= 0.3 is 0 Å². The molecule has 0 saturated heterocycles. The van der Waals surface area contributed by atoms with Crippen molar-refractivity contribution in [2.45, 2.75) is 52.1 Å². The van der Waals surface area contributed by atoms with Gasteiger partial charge in [0.25, 0.3) is 0 Å². The van der Waals surface area contributed by atoms with Crippen LogP contribution in [-0.2, 0) is 6.54 Å². The summed E-state index contributed by atoms with van der Waals surface area (Å²) in [7, 11) is 2.25. The molecule has 0 bridgehead atoms. The molecule has 1 aliphatic rings. The molecule has 1 heterocycles. The number of nitrogens with zero attached hydrogens (tertiary/aromatic N) is 3. The van der Waals surface area contributed by atoms with Gasteiger partial charge in [-0.25, -0.2) is 4.68 Å². The third kappa shape index (κ3) is 3.18. The van der Waals surface area contributed by atoms with Crippen LogP contribution < -0.4 is 0 Å². The van der Waals surface area contributed by atoms with Crippen molar-refractivity contribution < 1.29 is 0 Å². The Kier molecular flexibility index (Phi) is 4.11. The number of aryl methyl sites for hydroxylation is 2. The Bertz CT molecular complexity index is 591. The second kappa shape index (κ2) is 6.02. The van der Waals surface area contributed by atoms with Crippen LogP contribution in [0.4, 0.5) is 0 Å². The van der Waals surface area contributed by atoms with Crippen LogP contribution in [0.1, 0.15) is 42.6 Å². The second-order valence-corrected chi connectivity index (χ2v) is 6.36. The van der Waals surface area contributed by atoms with Gasteiger partial charge < -0.3 is 0 Å². The number of hydrogen-bond acceptors (Lipinski definition) is 2. The van der Waals surface area contributed by atoms with E-state index < -0.39 is 0 Å². The molecule has 2 aromatic rings. The first-order valence-corrected chi connectivity index (χ1v) is 7.96. The molecular formula is C18H25N3. The predicted molar refractivity (Wildman–Crippen MR) is 86.8 cm³/mol. The van der Waals surface area contributed by atoms with Gasteiger partial charge in [0, 0.05) is 18.3 Å². The van der Waals surface area contributed by atoms with E-state index in [0.717, 1.165) is 24.0 Å². The maximum absolute atomic E-state index is 4.54. The molecule has 3 nitrogen and oxygen atoms in total. The van der Waals surface area contributed by atoms with Gasteiger partial charge in [-0.05, 0) is 57.5 Å². The highest BCUT2D eigenvalue weighted by Crippen LogP contribution is 2.24. The third-order valence-electron chi connectivity index (χ3n) is 4.57. The molecule has 0 atom stereocenters. The lowest BCUT2D eigenvalue weighted by Gasteiger charge is -2.24.